The number of hydrogen-bond acceptors (Lipinski definition) is 3. The molecule has 1 atom stereocenters. The number of rotatable bonds is 5. The van der Waals surface area contributed by atoms with Crippen molar-refractivity contribution in [2.45, 2.75) is 10.9 Å². The van der Waals surface area contributed by atoms with Crippen molar-refractivity contribution in [2.75, 3.05) is 26.2 Å². The van der Waals surface area contributed by atoms with Crippen LogP contribution >= 0.6 is 0 Å². The lowest BCUT2D eigenvalue weighted by Gasteiger charge is -2.39. The normalized spacial score (nSPS) is 17.0. The molecule has 1 fully saturated rings. The van der Waals surface area contributed by atoms with Crippen molar-refractivity contribution < 1.29 is 17.2 Å². The largest absolute Gasteiger partial charge is 0.290 e. The molecule has 0 bridgehead atoms. The molecule has 0 radical (unpaired) electrons. The minimum Gasteiger partial charge on any atom is -0.290 e. The molecule has 0 aliphatic carbocycles. The van der Waals surface area contributed by atoms with Crippen LogP contribution in [0.25, 0.3) is 0 Å². The summed E-state index contributed by atoms with van der Waals surface area (Å²) in [5.74, 6) is -0.760. The number of hydrogen-bond donors (Lipinski definition) is 0. The Balaban J connectivity index is 1.56. The van der Waals surface area contributed by atoms with Crippen molar-refractivity contribution in [3.63, 3.8) is 0 Å². The molecule has 156 valence electrons. The molecule has 1 unspecified atom stereocenters. The molecular formula is C23H22F2N2O2S. The van der Waals surface area contributed by atoms with Crippen molar-refractivity contribution in [2.24, 2.45) is 0 Å². The van der Waals surface area contributed by atoms with Gasteiger partial charge in [0.25, 0.3) is 0 Å². The van der Waals surface area contributed by atoms with Gasteiger partial charge in [-0.25, -0.2) is 17.2 Å². The molecule has 3 aromatic rings. The standard InChI is InChI=1S/C23H22F2N2O2S/c24-20-8-6-19(7-9-20)23(18-4-2-1-3-5-18)26-14-16-27(17-15-26)30(28,29)22-12-10-21(25)11-13-22/h1-13,23H,14-17H2. The van der Waals surface area contributed by atoms with Crippen molar-refractivity contribution in [1.29, 1.82) is 0 Å². The number of benzene rings is 3. The van der Waals surface area contributed by atoms with Crippen molar-refractivity contribution in [3.8, 4) is 0 Å². The second-order valence-electron chi connectivity index (χ2n) is 7.26. The van der Waals surface area contributed by atoms with Crippen molar-refractivity contribution in [3.05, 3.63) is 102 Å². The van der Waals surface area contributed by atoms with Gasteiger partial charge in [-0.15, -0.1) is 0 Å². The van der Waals surface area contributed by atoms with Gasteiger partial charge >= 0.3 is 0 Å². The third-order valence-electron chi connectivity index (χ3n) is 5.39. The second kappa shape index (κ2) is 8.63. The van der Waals surface area contributed by atoms with E-state index in [0.29, 0.717) is 26.2 Å². The lowest BCUT2D eigenvalue weighted by atomic mass is 9.96. The highest BCUT2D eigenvalue weighted by Gasteiger charge is 2.32. The van der Waals surface area contributed by atoms with Gasteiger partial charge in [0, 0.05) is 26.2 Å². The molecule has 30 heavy (non-hydrogen) atoms. The molecule has 1 saturated heterocycles. The van der Waals surface area contributed by atoms with Crippen LogP contribution in [0.15, 0.2) is 83.8 Å². The lowest BCUT2D eigenvalue weighted by Crippen LogP contribution is -2.49. The van der Waals surface area contributed by atoms with E-state index in [2.05, 4.69) is 4.90 Å². The van der Waals surface area contributed by atoms with E-state index in [9.17, 15) is 17.2 Å². The SMILES string of the molecule is O=S(=O)(c1ccc(F)cc1)N1CCN(C(c2ccccc2)c2ccc(F)cc2)CC1. The Labute approximate surface area is 175 Å². The fraction of sp³-hybridized carbons (Fsp3) is 0.217. The summed E-state index contributed by atoms with van der Waals surface area (Å²) < 4.78 is 53.8. The Bertz CT molecular complexity index is 1080. The predicted molar refractivity (Wildman–Crippen MR) is 111 cm³/mol. The van der Waals surface area contributed by atoms with Crippen molar-refractivity contribution in [1.82, 2.24) is 9.21 Å². The molecule has 1 aliphatic rings. The lowest BCUT2D eigenvalue weighted by molar-refractivity contribution is 0.155. The van der Waals surface area contributed by atoms with Crippen LogP contribution in [0.3, 0.4) is 0 Å². The van der Waals surface area contributed by atoms with Crippen LogP contribution in [0.2, 0.25) is 0 Å². The maximum absolute atomic E-state index is 13.5. The Morgan fingerprint density at radius 2 is 1.17 bits per heavy atom. The second-order valence-corrected chi connectivity index (χ2v) is 9.20. The molecule has 3 aromatic carbocycles. The topological polar surface area (TPSA) is 40.6 Å². The van der Waals surface area contributed by atoms with E-state index in [4.69, 9.17) is 0 Å². The number of sulfonamides is 1. The molecule has 0 aromatic heterocycles. The molecular weight excluding hydrogens is 406 g/mol. The maximum Gasteiger partial charge on any atom is 0.243 e. The third kappa shape index (κ3) is 4.28. The van der Waals surface area contributed by atoms with E-state index in [1.54, 1.807) is 12.1 Å². The van der Waals surface area contributed by atoms with Crippen LogP contribution in [-0.2, 0) is 10.0 Å². The molecule has 1 heterocycles. The van der Waals surface area contributed by atoms with Gasteiger partial charge in [0.05, 0.1) is 10.9 Å². The first-order valence-electron chi connectivity index (χ1n) is 9.75. The van der Waals surface area contributed by atoms with Gasteiger partial charge in [0.2, 0.25) is 10.0 Å². The predicted octanol–water partition coefficient (Wildman–Crippen LogP) is 4.06. The summed E-state index contributed by atoms with van der Waals surface area (Å²) in [5, 5.41) is 0. The highest BCUT2D eigenvalue weighted by Crippen LogP contribution is 2.30. The van der Waals surface area contributed by atoms with E-state index < -0.39 is 15.8 Å². The Hall–Kier alpha value is -2.61. The van der Waals surface area contributed by atoms with Crippen molar-refractivity contribution >= 4 is 10.0 Å². The van der Waals surface area contributed by atoms with Crippen LogP contribution in [0.1, 0.15) is 17.2 Å². The zero-order valence-corrected chi connectivity index (χ0v) is 17.1. The summed E-state index contributed by atoms with van der Waals surface area (Å²) in [7, 11) is -3.67. The molecule has 7 heteroatoms. The van der Waals surface area contributed by atoms with E-state index in [-0.39, 0.29) is 16.8 Å². The Morgan fingerprint density at radius 1 is 0.667 bits per heavy atom. The number of piperazine rings is 1. The molecule has 1 aliphatic heterocycles. The zero-order chi connectivity index (χ0) is 21.1. The first kappa shape index (κ1) is 20.7. The molecule has 0 saturated carbocycles. The van der Waals surface area contributed by atoms with Gasteiger partial charge in [-0.1, -0.05) is 42.5 Å². The van der Waals surface area contributed by atoms with Crippen LogP contribution < -0.4 is 0 Å². The maximum atomic E-state index is 13.5. The van der Waals surface area contributed by atoms with E-state index >= 15 is 0 Å². The third-order valence-corrected chi connectivity index (χ3v) is 7.30. The zero-order valence-electron chi connectivity index (χ0n) is 16.3. The average molecular weight is 429 g/mol. The monoisotopic (exact) mass is 428 g/mol. The highest BCUT2D eigenvalue weighted by molar-refractivity contribution is 7.89. The first-order valence-corrected chi connectivity index (χ1v) is 11.2. The molecule has 0 amide bonds. The van der Waals surface area contributed by atoms with Gasteiger partial charge in [-0.3, -0.25) is 4.90 Å². The summed E-state index contributed by atoms with van der Waals surface area (Å²) in [6, 6.07) is 21.1. The first-order chi connectivity index (χ1) is 14.4. The van der Waals surface area contributed by atoms with Crippen LogP contribution in [0.4, 0.5) is 8.78 Å². The molecule has 0 N–H and O–H groups in total. The smallest absolute Gasteiger partial charge is 0.243 e. The van der Waals surface area contributed by atoms with E-state index in [0.717, 1.165) is 23.3 Å². The van der Waals surface area contributed by atoms with Gasteiger partial charge in [-0.2, -0.15) is 4.31 Å². The minimum absolute atomic E-state index is 0.0930. The highest BCUT2D eigenvalue weighted by atomic mass is 32.2. The summed E-state index contributed by atoms with van der Waals surface area (Å²) in [5.41, 5.74) is 2.02. The van der Waals surface area contributed by atoms with Crippen LogP contribution in [0.5, 0.6) is 0 Å². The van der Waals surface area contributed by atoms with Gasteiger partial charge in [0.1, 0.15) is 11.6 Å². The van der Waals surface area contributed by atoms with Crippen LogP contribution in [0, 0.1) is 11.6 Å². The molecule has 0 spiro atoms. The van der Waals surface area contributed by atoms with Gasteiger partial charge in [-0.05, 0) is 47.5 Å². The summed E-state index contributed by atoms with van der Waals surface area (Å²) >= 11 is 0. The van der Waals surface area contributed by atoms with E-state index in [1.165, 1.54) is 28.6 Å². The average Bonchev–Trinajstić information content (AvgIpc) is 2.77. The summed E-state index contributed by atoms with van der Waals surface area (Å²) in [4.78, 5) is 2.30. The van der Waals surface area contributed by atoms with Gasteiger partial charge in [0.15, 0.2) is 0 Å². The Kier molecular flexibility index (Phi) is 5.94. The fourth-order valence-electron chi connectivity index (χ4n) is 3.85. The number of nitrogens with zero attached hydrogens (tertiary/aromatic N) is 2. The summed E-state index contributed by atoms with van der Waals surface area (Å²) in [6.45, 7) is 1.70. The minimum atomic E-state index is -3.67. The van der Waals surface area contributed by atoms with E-state index in [1.807, 2.05) is 30.3 Å². The summed E-state index contributed by atoms with van der Waals surface area (Å²) in [6.07, 6.45) is 0. The van der Waals surface area contributed by atoms with Crippen LogP contribution in [-0.4, -0.2) is 43.8 Å². The Morgan fingerprint density at radius 3 is 1.73 bits per heavy atom. The fourth-order valence-corrected chi connectivity index (χ4v) is 5.27. The van der Waals surface area contributed by atoms with Gasteiger partial charge < -0.3 is 0 Å². The molecule has 4 rings (SSSR count). The number of halogens is 2. The molecule has 4 nitrogen and oxygen atoms in total. The quantitative estimate of drug-likeness (QED) is 0.615.